The van der Waals surface area contributed by atoms with Crippen molar-refractivity contribution in [1.29, 1.82) is 0 Å². The third-order valence-corrected chi connectivity index (χ3v) is 7.10. The number of rotatable bonds is 4. The number of benzene rings is 3. The van der Waals surface area contributed by atoms with Gasteiger partial charge in [-0.3, -0.25) is 9.59 Å². The maximum atomic E-state index is 13.6. The van der Waals surface area contributed by atoms with E-state index in [2.05, 4.69) is 15.3 Å². The zero-order chi connectivity index (χ0) is 25.7. The van der Waals surface area contributed by atoms with Gasteiger partial charge in [0.25, 0.3) is 11.8 Å². The highest BCUT2D eigenvalue weighted by molar-refractivity contribution is 6.19. The highest BCUT2D eigenvalue weighted by Crippen LogP contribution is 2.45. The minimum Gasteiger partial charge on any atom is -0.507 e. The predicted octanol–water partition coefficient (Wildman–Crippen LogP) is 5.24. The van der Waals surface area contributed by atoms with Crippen LogP contribution in [0.15, 0.2) is 72.9 Å². The lowest BCUT2D eigenvalue weighted by Gasteiger charge is -2.17. The number of carbonyl (C=O) groups excluding carboxylic acids is 2. The molecule has 37 heavy (non-hydrogen) atoms. The molecule has 1 aliphatic rings. The lowest BCUT2D eigenvalue weighted by atomic mass is 9.95. The molecule has 3 heterocycles. The molecule has 0 bridgehead atoms. The Hall–Kier alpha value is -4.56. The van der Waals surface area contributed by atoms with Gasteiger partial charge in [-0.25, -0.2) is 4.98 Å². The number of aromatic hydroxyl groups is 1. The monoisotopic (exact) mass is 511 g/mol. The van der Waals surface area contributed by atoms with Crippen LogP contribution in [0.5, 0.6) is 5.75 Å². The molecule has 9 heteroatoms. The number of aromatic nitrogens is 2. The van der Waals surface area contributed by atoms with Crippen molar-refractivity contribution in [2.24, 2.45) is 0 Å². The van der Waals surface area contributed by atoms with Crippen LogP contribution in [0.2, 0.25) is 0 Å². The first-order chi connectivity index (χ1) is 17.9. The van der Waals surface area contributed by atoms with Gasteiger partial charge in [-0.05, 0) is 47.3 Å². The minimum absolute atomic E-state index is 0.0627. The Morgan fingerprint density at radius 3 is 2.62 bits per heavy atom. The summed E-state index contributed by atoms with van der Waals surface area (Å²) in [6.45, 7) is 0.404. The first kappa shape index (κ1) is 22.9. The average Bonchev–Trinajstić information content (AvgIpc) is 3.50. The van der Waals surface area contributed by atoms with Gasteiger partial charge in [-0.1, -0.05) is 24.3 Å². The number of aromatic amines is 1. The highest BCUT2D eigenvalue weighted by atomic mass is 35.5. The summed E-state index contributed by atoms with van der Waals surface area (Å²) >= 11 is 6.31. The number of phenolic OH excluding ortho intramolecular Hbond substituents is 1. The number of nitrogens with one attached hydrogen (secondary N) is 2. The second kappa shape index (κ2) is 8.83. The van der Waals surface area contributed by atoms with E-state index in [1.54, 1.807) is 53.6 Å². The fourth-order valence-electron chi connectivity index (χ4n) is 4.93. The number of nitrogens with zero attached hydrogens (tertiary/aromatic N) is 2. The molecule has 8 nitrogen and oxygen atoms in total. The third-order valence-electron chi connectivity index (χ3n) is 6.73. The molecule has 0 aliphatic carbocycles. The Kier molecular flexibility index (Phi) is 5.46. The number of amides is 2. The lowest BCUT2D eigenvalue weighted by molar-refractivity contribution is 0.0983. The molecule has 0 saturated heterocycles. The van der Waals surface area contributed by atoms with Gasteiger partial charge in [0, 0.05) is 46.4 Å². The predicted molar refractivity (Wildman–Crippen MR) is 146 cm³/mol. The molecule has 0 saturated carbocycles. The Morgan fingerprint density at radius 1 is 1.11 bits per heavy atom. The Labute approximate surface area is 216 Å². The fraction of sp³-hybridized carbons (Fsp3) is 0.107. The van der Waals surface area contributed by atoms with Gasteiger partial charge in [0.05, 0.1) is 17.4 Å². The van der Waals surface area contributed by atoms with E-state index in [1.807, 2.05) is 24.3 Å². The van der Waals surface area contributed by atoms with Gasteiger partial charge in [0.15, 0.2) is 0 Å². The summed E-state index contributed by atoms with van der Waals surface area (Å²) in [6, 6.07) is 19.2. The molecule has 1 atom stereocenters. The smallest absolute Gasteiger partial charge is 0.274 e. The van der Waals surface area contributed by atoms with E-state index >= 15 is 0 Å². The van der Waals surface area contributed by atoms with Crippen molar-refractivity contribution in [2.45, 2.75) is 5.92 Å². The SMILES string of the molecule is Nc1ccc(C(=O)Nc2cc3cc(C(=O)N4C[C@@H](CCl)c5c4cc(O)c4ccccc54)[nH]c3cn2)cc1. The number of nitrogens with two attached hydrogens (primary N) is 1. The van der Waals surface area contributed by atoms with Crippen LogP contribution in [0.4, 0.5) is 17.2 Å². The molecular formula is C28H22ClN5O3. The molecule has 2 amide bonds. The van der Waals surface area contributed by atoms with Crippen molar-refractivity contribution in [1.82, 2.24) is 9.97 Å². The van der Waals surface area contributed by atoms with E-state index in [0.717, 1.165) is 21.7 Å². The second-order valence-electron chi connectivity index (χ2n) is 9.06. The van der Waals surface area contributed by atoms with Crippen molar-refractivity contribution in [2.75, 3.05) is 28.4 Å². The normalized spacial score (nSPS) is 14.7. The Morgan fingerprint density at radius 2 is 1.86 bits per heavy atom. The Balaban J connectivity index is 1.31. The number of H-pyrrole nitrogens is 1. The van der Waals surface area contributed by atoms with Crippen LogP contribution in [0.3, 0.4) is 0 Å². The largest absolute Gasteiger partial charge is 0.507 e. The highest BCUT2D eigenvalue weighted by Gasteiger charge is 2.35. The molecule has 2 aromatic heterocycles. The first-order valence-corrected chi connectivity index (χ1v) is 12.2. The quantitative estimate of drug-likeness (QED) is 0.194. The maximum Gasteiger partial charge on any atom is 0.274 e. The van der Waals surface area contributed by atoms with Crippen molar-refractivity contribution in [3.8, 4) is 5.75 Å². The summed E-state index contributed by atoms with van der Waals surface area (Å²) < 4.78 is 0. The standard InChI is InChI=1S/C28H22ClN5O3/c29-12-17-14-34(23-11-24(35)19-3-1-2-4-20(19)26(17)23)28(37)21-9-16-10-25(31-13-22(16)32-21)33-27(36)15-5-7-18(30)8-6-15/h1-11,13,17,32,35H,12,14,30H2,(H,31,33,36)/t17-/m1/s1. The van der Waals surface area contributed by atoms with Gasteiger partial charge < -0.3 is 26.0 Å². The third kappa shape index (κ3) is 3.91. The molecule has 6 rings (SSSR count). The van der Waals surface area contributed by atoms with Gasteiger partial charge >= 0.3 is 0 Å². The van der Waals surface area contributed by atoms with E-state index in [1.165, 1.54) is 0 Å². The average molecular weight is 512 g/mol. The zero-order valence-corrected chi connectivity index (χ0v) is 20.3. The number of anilines is 3. The van der Waals surface area contributed by atoms with E-state index in [9.17, 15) is 14.7 Å². The van der Waals surface area contributed by atoms with Gasteiger partial charge in [-0.15, -0.1) is 11.6 Å². The summed E-state index contributed by atoms with van der Waals surface area (Å²) in [4.78, 5) is 35.3. The van der Waals surface area contributed by atoms with Crippen LogP contribution in [0.1, 0.15) is 32.3 Å². The van der Waals surface area contributed by atoms with Crippen molar-refractivity contribution in [3.05, 3.63) is 89.7 Å². The van der Waals surface area contributed by atoms with Crippen molar-refractivity contribution < 1.29 is 14.7 Å². The molecule has 0 fully saturated rings. The van der Waals surface area contributed by atoms with E-state index < -0.39 is 0 Å². The number of phenols is 1. The molecule has 0 radical (unpaired) electrons. The number of halogens is 1. The van der Waals surface area contributed by atoms with Crippen LogP contribution < -0.4 is 16.0 Å². The summed E-state index contributed by atoms with van der Waals surface area (Å²) in [5, 5.41) is 15.8. The fourth-order valence-corrected chi connectivity index (χ4v) is 5.18. The number of hydrogen-bond acceptors (Lipinski definition) is 5. The first-order valence-electron chi connectivity index (χ1n) is 11.7. The molecule has 3 aromatic carbocycles. The summed E-state index contributed by atoms with van der Waals surface area (Å²) in [5.41, 5.74) is 9.36. The van der Waals surface area contributed by atoms with E-state index in [0.29, 0.717) is 46.4 Å². The van der Waals surface area contributed by atoms with Crippen LogP contribution >= 0.6 is 11.6 Å². The number of nitrogen functional groups attached to an aromatic ring is 1. The number of pyridine rings is 1. The lowest BCUT2D eigenvalue weighted by Crippen LogP contribution is -2.30. The topological polar surface area (TPSA) is 124 Å². The van der Waals surface area contributed by atoms with Gasteiger partial charge in [0.2, 0.25) is 0 Å². The second-order valence-corrected chi connectivity index (χ2v) is 9.37. The molecule has 0 unspecified atom stereocenters. The summed E-state index contributed by atoms with van der Waals surface area (Å²) in [7, 11) is 0. The van der Waals surface area contributed by atoms with Crippen molar-refractivity contribution in [3.63, 3.8) is 0 Å². The van der Waals surface area contributed by atoms with Crippen LogP contribution in [-0.2, 0) is 0 Å². The molecule has 5 N–H and O–H groups in total. The van der Waals surface area contributed by atoms with Crippen LogP contribution in [0, 0.1) is 0 Å². The molecular weight excluding hydrogens is 490 g/mol. The van der Waals surface area contributed by atoms with E-state index in [-0.39, 0.29) is 23.5 Å². The van der Waals surface area contributed by atoms with Crippen LogP contribution in [-0.4, -0.2) is 39.3 Å². The Bertz CT molecular complexity index is 1700. The van der Waals surface area contributed by atoms with Gasteiger partial charge in [-0.2, -0.15) is 0 Å². The molecule has 1 aliphatic heterocycles. The molecule has 5 aromatic rings. The molecule has 0 spiro atoms. The molecule has 184 valence electrons. The van der Waals surface area contributed by atoms with Crippen molar-refractivity contribution >= 4 is 62.3 Å². The minimum atomic E-state index is -0.313. The number of fused-ring (bicyclic) bond motifs is 4. The van der Waals surface area contributed by atoms with E-state index in [4.69, 9.17) is 17.3 Å². The summed E-state index contributed by atoms with van der Waals surface area (Å²) in [6.07, 6.45) is 1.57. The zero-order valence-electron chi connectivity index (χ0n) is 19.5. The van der Waals surface area contributed by atoms with Crippen LogP contribution in [0.25, 0.3) is 21.7 Å². The number of alkyl halides is 1. The number of hydrogen-bond donors (Lipinski definition) is 4. The summed E-state index contributed by atoms with van der Waals surface area (Å²) in [5.74, 6) is 0.201. The van der Waals surface area contributed by atoms with Gasteiger partial charge in [0.1, 0.15) is 17.3 Å². The maximum absolute atomic E-state index is 13.6. The number of carbonyl (C=O) groups is 2.